The van der Waals surface area contributed by atoms with E-state index in [0.29, 0.717) is 16.1 Å². The van der Waals surface area contributed by atoms with Gasteiger partial charge in [-0.05, 0) is 74.1 Å². The fourth-order valence-electron chi connectivity index (χ4n) is 3.57. The van der Waals surface area contributed by atoms with Crippen LogP contribution in [0, 0.1) is 6.92 Å². The van der Waals surface area contributed by atoms with Gasteiger partial charge in [-0.25, -0.2) is 0 Å². The van der Waals surface area contributed by atoms with Gasteiger partial charge in [0, 0.05) is 20.6 Å². The van der Waals surface area contributed by atoms with E-state index >= 15 is 0 Å². The first-order chi connectivity index (χ1) is 14.0. The number of carbonyl (C=O) groups is 2. The fourth-order valence-corrected chi connectivity index (χ4v) is 5.11. The van der Waals surface area contributed by atoms with E-state index in [-0.39, 0.29) is 11.8 Å². The highest BCUT2D eigenvalue weighted by Gasteiger charge is 2.27. The van der Waals surface area contributed by atoms with Gasteiger partial charge in [-0.3, -0.25) is 9.59 Å². The average molecular weight is 469 g/mol. The van der Waals surface area contributed by atoms with Gasteiger partial charge in [-0.1, -0.05) is 34.1 Å². The van der Waals surface area contributed by atoms with Crippen molar-refractivity contribution in [3.05, 3.63) is 80.1 Å². The zero-order chi connectivity index (χ0) is 20.4. The topological polar surface area (TPSA) is 58.2 Å². The summed E-state index contributed by atoms with van der Waals surface area (Å²) in [6.45, 7) is 1.97. The number of anilines is 2. The van der Waals surface area contributed by atoms with Crippen molar-refractivity contribution in [3.63, 3.8) is 0 Å². The van der Waals surface area contributed by atoms with Gasteiger partial charge in [0.15, 0.2) is 0 Å². The van der Waals surface area contributed by atoms with Gasteiger partial charge in [0.25, 0.3) is 11.8 Å². The first kappa shape index (κ1) is 19.9. The monoisotopic (exact) mass is 468 g/mol. The number of rotatable bonds is 4. The fraction of sp³-hybridized carbons (Fsp3) is 0.217. The molecule has 148 valence electrons. The standard InChI is InChI=1S/C23H21BrN2O2S/c1-14-6-2-4-8-18(14)25-22(28)20-17-7-3-5-9-19(17)29-23(20)26-21(27)15-10-12-16(24)13-11-15/h2,4,6,8,10-13H,3,5,7,9H2,1H3,(H,25,28)(H,26,27). The van der Waals surface area contributed by atoms with Crippen molar-refractivity contribution >= 4 is 49.8 Å². The van der Waals surface area contributed by atoms with E-state index in [1.165, 1.54) is 16.2 Å². The Bertz CT molecular complexity index is 1070. The normalized spacial score (nSPS) is 12.9. The van der Waals surface area contributed by atoms with Gasteiger partial charge in [0.1, 0.15) is 5.00 Å². The molecule has 3 aromatic rings. The van der Waals surface area contributed by atoms with Gasteiger partial charge < -0.3 is 10.6 Å². The third-order valence-electron chi connectivity index (χ3n) is 5.13. The summed E-state index contributed by atoms with van der Waals surface area (Å²) in [5.74, 6) is -0.370. The molecule has 29 heavy (non-hydrogen) atoms. The van der Waals surface area contributed by atoms with Crippen LogP contribution in [-0.4, -0.2) is 11.8 Å². The summed E-state index contributed by atoms with van der Waals surface area (Å²) < 4.78 is 0.916. The maximum Gasteiger partial charge on any atom is 0.258 e. The lowest BCUT2D eigenvalue weighted by molar-refractivity contribution is 0.102. The zero-order valence-electron chi connectivity index (χ0n) is 16.0. The highest BCUT2D eigenvalue weighted by Crippen LogP contribution is 2.39. The van der Waals surface area contributed by atoms with Crippen LogP contribution in [0.4, 0.5) is 10.7 Å². The SMILES string of the molecule is Cc1ccccc1NC(=O)c1c(NC(=O)c2ccc(Br)cc2)sc2c1CCCC2. The molecule has 0 saturated heterocycles. The lowest BCUT2D eigenvalue weighted by Gasteiger charge is -2.14. The molecule has 0 unspecified atom stereocenters. The zero-order valence-corrected chi connectivity index (χ0v) is 18.5. The second-order valence-electron chi connectivity index (χ2n) is 7.15. The molecule has 2 amide bonds. The summed E-state index contributed by atoms with van der Waals surface area (Å²) in [6, 6.07) is 14.9. The summed E-state index contributed by atoms with van der Waals surface area (Å²) in [4.78, 5) is 27.2. The van der Waals surface area contributed by atoms with Gasteiger partial charge in [0.05, 0.1) is 5.56 Å². The average Bonchev–Trinajstić information content (AvgIpc) is 3.08. The van der Waals surface area contributed by atoms with E-state index in [9.17, 15) is 9.59 Å². The molecule has 0 spiro atoms. The molecule has 1 aliphatic carbocycles. The number of fused-ring (bicyclic) bond motifs is 1. The Labute approximate surface area is 182 Å². The van der Waals surface area contributed by atoms with Gasteiger partial charge in [-0.2, -0.15) is 0 Å². The van der Waals surface area contributed by atoms with Crippen molar-refractivity contribution in [1.82, 2.24) is 0 Å². The van der Waals surface area contributed by atoms with Crippen molar-refractivity contribution < 1.29 is 9.59 Å². The number of benzene rings is 2. The number of hydrogen-bond donors (Lipinski definition) is 2. The van der Waals surface area contributed by atoms with Crippen LogP contribution in [0.5, 0.6) is 0 Å². The second kappa shape index (κ2) is 8.51. The number of carbonyl (C=O) groups excluding carboxylic acids is 2. The Morgan fingerprint density at radius 1 is 0.931 bits per heavy atom. The van der Waals surface area contributed by atoms with Crippen LogP contribution in [0.3, 0.4) is 0 Å². The minimum Gasteiger partial charge on any atom is -0.322 e. The van der Waals surface area contributed by atoms with E-state index in [0.717, 1.165) is 47.0 Å². The van der Waals surface area contributed by atoms with E-state index in [1.54, 1.807) is 12.1 Å². The second-order valence-corrected chi connectivity index (χ2v) is 9.17. The molecule has 4 nitrogen and oxygen atoms in total. The van der Waals surface area contributed by atoms with E-state index in [1.807, 2.05) is 43.3 Å². The van der Waals surface area contributed by atoms with Gasteiger partial charge in [0.2, 0.25) is 0 Å². The minimum absolute atomic E-state index is 0.162. The Hall–Kier alpha value is -2.44. The molecule has 6 heteroatoms. The molecule has 0 aliphatic heterocycles. The Morgan fingerprint density at radius 3 is 2.41 bits per heavy atom. The third-order valence-corrected chi connectivity index (χ3v) is 6.86. The molecular formula is C23H21BrN2O2S. The van der Waals surface area contributed by atoms with E-state index in [2.05, 4.69) is 26.6 Å². The Kier molecular flexibility index (Phi) is 5.83. The van der Waals surface area contributed by atoms with Crippen LogP contribution in [0.25, 0.3) is 0 Å². The molecule has 2 aromatic carbocycles. The van der Waals surface area contributed by atoms with Crippen LogP contribution in [0.1, 0.15) is 49.6 Å². The lowest BCUT2D eigenvalue weighted by Crippen LogP contribution is -2.19. The van der Waals surface area contributed by atoms with Crippen LogP contribution in [0.15, 0.2) is 53.0 Å². The summed E-state index contributed by atoms with van der Waals surface area (Å²) in [7, 11) is 0. The Balaban J connectivity index is 1.66. The molecule has 1 aliphatic rings. The summed E-state index contributed by atoms with van der Waals surface area (Å²) in [5.41, 5.74) is 4.05. The van der Waals surface area contributed by atoms with E-state index < -0.39 is 0 Å². The van der Waals surface area contributed by atoms with Crippen molar-refractivity contribution in [2.75, 3.05) is 10.6 Å². The predicted octanol–water partition coefficient (Wildman–Crippen LogP) is 6.20. The van der Waals surface area contributed by atoms with E-state index in [4.69, 9.17) is 0 Å². The molecule has 0 atom stereocenters. The number of halogens is 1. The number of amides is 2. The Morgan fingerprint density at radius 2 is 1.66 bits per heavy atom. The number of thiophene rings is 1. The molecule has 1 heterocycles. The molecule has 0 radical (unpaired) electrons. The van der Waals surface area contributed by atoms with Crippen LogP contribution in [0.2, 0.25) is 0 Å². The third kappa shape index (κ3) is 4.28. The molecule has 2 N–H and O–H groups in total. The van der Waals surface area contributed by atoms with Crippen molar-refractivity contribution in [1.29, 1.82) is 0 Å². The smallest absolute Gasteiger partial charge is 0.258 e. The lowest BCUT2D eigenvalue weighted by atomic mass is 9.95. The highest BCUT2D eigenvalue weighted by atomic mass is 79.9. The molecular weight excluding hydrogens is 448 g/mol. The molecule has 4 rings (SSSR count). The first-order valence-electron chi connectivity index (χ1n) is 9.61. The highest BCUT2D eigenvalue weighted by molar-refractivity contribution is 9.10. The minimum atomic E-state index is -0.207. The molecule has 0 fully saturated rings. The quantitative estimate of drug-likeness (QED) is 0.478. The summed E-state index contributed by atoms with van der Waals surface area (Å²) in [5, 5.41) is 6.66. The van der Waals surface area contributed by atoms with Crippen LogP contribution >= 0.6 is 27.3 Å². The number of aryl methyl sites for hydroxylation is 2. The molecule has 1 aromatic heterocycles. The predicted molar refractivity (Wildman–Crippen MR) is 122 cm³/mol. The summed E-state index contributed by atoms with van der Waals surface area (Å²) >= 11 is 4.91. The number of para-hydroxylation sites is 1. The maximum absolute atomic E-state index is 13.2. The van der Waals surface area contributed by atoms with Crippen LogP contribution in [-0.2, 0) is 12.8 Å². The molecule has 0 bridgehead atoms. The summed E-state index contributed by atoms with van der Waals surface area (Å²) in [6.07, 6.45) is 4.01. The first-order valence-corrected chi connectivity index (χ1v) is 11.2. The van der Waals surface area contributed by atoms with Crippen molar-refractivity contribution in [3.8, 4) is 0 Å². The number of nitrogens with one attached hydrogen (secondary N) is 2. The molecule has 0 saturated carbocycles. The largest absolute Gasteiger partial charge is 0.322 e. The van der Waals surface area contributed by atoms with Crippen molar-refractivity contribution in [2.24, 2.45) is 0 Å². The van der Waals surface area contributed by atoms with Gasteiger partial charge >= 0.3 is 0 Å². The van der Waals surface area contributed by atoms with Crippen molar-refractivity contribution in [2.45, 2.75) is 32.6 Å². The number of hydrogen-bond acceptors (Lipinski definition) is 3. The van der Waals surface area contributed by atoms with Gasteiger partial charge in [-0.15, -0.1) is 11.3 Å². The maximum atomic E-state index is 13.2. The van der Waals surface area contributed by atoms with Crippen LogP contribution < -0.4 is 10.6 Å².